The van der Waals surface area contributed by atoms with Crippen LogP contribution in [0.5, 0.6) is 0 Å². The zero-order valence-corrected chi connectivity index (χ0v) is 14.8. The van der Waals surface area contributed by atoms with Gasteiger partial charge in [0.1, 0.15) is 4.90 Å². The summed E-state index contributed by atoms with van der Waals surface area (Å²) in [6.45, 7) is 1.62. The van der Waals surface area contributed by atoms with Crippen molar-refractivity contribution in [3.05, 3.63) is 26.7 Å². The van der Waals surface area contributed by atoms with Gasteiger partial charge in [0.05, 0.1) is 10.0 Å². The van der Waals surface area contributed by atoms with Gasteiger partial charge in [0.15, 0.2) is 0 Å². The summed E-state index contributed by atoms with van der Waals surface area (Å²) in [7, 11) is -2.11. The number of sulfonamides is 1. The quantitative estimate of drug-likeness (QED) is 0.846. The number of nitrogens with one attached hydrogen (secondary N) is 1. The lowest BCUT2D eigenvalue weighted by molar-refractivity contribution is 0.296. The van der Waals surface area contributed by atoms with Gasteiger partial charge in [-0.25, -0.2) is 8.42 Å². The Morgan fingerprint density at radius 1 is 1.25 bits per heavy atom. The predicted octanol–water partition coefficient (Wildman–Crippen LogP) is 3.13. The predicted molar refractivity (Wildman–Crippen MR) is 85.0 cm³/mol. The molecule has 1 N–H and O–H groups in total. The van der Waals surface area contributed by atoms with Crippen molar-refractivity contribution in [2.24, 2.45) is 0 Å². The summed E-state index contributed by atoms with van der Waals surface area (Å²) in [6, 6.07) is 3.05. The van der Waals surface area contributed by atoms with Crippen LogP contribution in [0.15, 0.2) is 21.5 Å². The lowest BCUT2D eigenvalue weighted by Crippen LogP contribution is -2.44. The fourth-order valence-corrected chi connectivity index (χ4v) is 5.58. The minimum atomic E-state index is -3.70. The first kappa shape index (κ1) is 16.5. The number of nitrogens with zero attached hydrogens (tertiary/aromatic N) is 1. The van der Waals surface area contributed by atoms with Crippen molar-refractivity contribution in [1.29, 1.82) is 0 Å². The van der Waals surface area contributed by atoms with E-state index in [1.165, 1.54) is 16.4 Å². The molecule has 0 spiro atoms. The average molecular weight is 402 g/mol. The van der Waals surface area contributed by atoms with Crippen LogP contribution < -0.4 is 5.32 Å². The Morgan fingerprint density at radius 2 is 1.75 bits per heavy atom. The first-order valence-electron chi connectivity index (χ1n) is 6.17. The molecule has 0 aromatic heterocycles. The molecule has 112 valence electrons. The molecule has 2 rings (SSSR count). The summed E-state index contributed by atoms with van der Waals surface area (Å²) in [5.41, 5.74) is 0. The van der Waals surface area contributed by atoms with Crippen molar-refractivity contribution >= 4 is 49.2 Å². The Balaban J connectivity index is 2.39. The van der Waals surface area contributed by atoms with Gasteiger partial charge >= 0.3 is 0 Å². The number of hydrogen-bond acceptors (Lipinski definition) is 3. The molecule has 0 saturated carbocycles. The minimum absolute atomic E-state index is 0.0231. The standard InChI is InChI=1S/C12H15BrCl2N2O2S/c1-17(9-2-4-16-5-3-9)20(18,19)12-10(14)6-8(13)7-11(12)15/h6-7,9,16H,2-5H2,1H3. The van der Waals surface area contributed by atoms with Crippen LogP contribution in [0.1, 0.15) is 12.8 Å². The van der Waals surface area contributed by atoms with Gasteiger partial charge in [-0.1, -0.05) is 39.1 Å². The summed E-state index contributed by atoms with van der Waals surface area (Å²) in [5.74, 6) is 0. The van der Waals surface area contributed by atoms with Crippen LogP contribution in [0, 0.1) is 0 Å². The van der Waals surface area contributed by atoms with Crippen LogP contribution in [-0.2, 0) is 10.0 Å². The van der Waals surface area contributed by atoms with E-state index in [1.807, 2.05) is 0 Å². The third-order valence-electron chi connectivity index (χ3n) is 3.42. The van der Waals surface area contributed by atoms with Crippen molar-refractivity contribution in [3.8, 4) is 0 Å². The molecule has 1 aromatic rings. The van der Waals surface area contributed by atoms with Crippen LogP contribution in [0.4, 0.5) is 0 Å². The topological polar surface area (TPSA) is 49.4 Å². The lowest BCUT2D eigenvalue weighted by Gasteiger charge is -2.31. The summed E-state index contributed by atoms with van der Waals surface area (Å²) < 4.78 is 27.4. The second-order valence-corrected chi connectivity index (χ2v) is 8.37. The van der Waals surface area contributed by atoms with E-state index in [9.17, 15) is 8.42 Å². The second kappa shape index (κ2) is 6.50. The molecule has 0 atom stereocenters. The van der Waals surface area contributed by atoms with Crippen LogP contribution in [0.2, 0.25) is 10.0 Å². The highest BCUT2D eigenvalue weighted by molar-refractivity contribution is 9.10. The van der Waals surface area contributed by atoms with Gasteiger partial charge in [-0.15, -0.1) is 0 Å². The smallest absolute Gasteiger partial charge is 0.246 e. The summed E-state index contributed by atoms with van der Waals surface area (Å²) in [4.78, 5) is -0.0231. The molecular formula is C12H15BrCl2N2O2S. The Bertz CT molecular complexity index is 580. The highest BCUT2D eigenvalue weighted by Gasteiger charge is 2.32. The first-order valence-corrected chi connectivity index (χ1v) is 9.16. The molecule has 0 bridgehead atoms. The normalized spacial score (nSPS) is 17.6. The molecule has 0 amide bonds. The van der Waals surface area contributed by atoms with E-state index in [1.54, 1.807) is 7.05 Å². The SMILES string of the molecule is CN(C1CCNCC1)S(=O)(=O)c1c(Cl)cc(Br)cc1Cl. The van der Waals surface area contributed by atoms with Crippen molar-refractivity contribution in [2.45, 2.75) is 23.8 Å². The lowest BCUT2D eigenvalue weighted by atomic mass is 10.1. The second-order valence-electron chi connectivity index (χ2n) is 4.70. The molecular weight excluding hydrogens is 387 g/mol. The fraction of sp³-hybridized carbons (Fsp3) is 0.500. The Labute approximate surface area is 137 Å². The summed E-state index contributed by atoms with van der Waals surface area (Å²) >= 11 is 15.4. The summed E-state index contributed by atoms with van der Waals surface area (Å²) in [5, 5.41) is 3.47. The monoisotopic (exact) mass is 400 g/mol. The van der Waals surface area contributed by atoms with Crippen LogP contribution in [0.3, 0.4) is 0 Å². The number of rotatable bonds is 3. The Morgan fingerprint density at radius 3 is 2.25 bits per heavy atom. The van der Waals surface area contributed by atoms with Crippen molar-refractivity contribution in [3.63, 3.8) is 0 Å². The molecule has 0 aliphatic carbocycles. The molecule has 8 heteroatoms. The van der Waals surface area contributed by atoms with Gasteiger partial charge in [0.2, 0.25) is 10.0 Å². The molecule has 1 aromatic carbocycles. The molecule has 1 aliphatic heterocycles. The largest absolute Gasteiger partial charge is 0.317 e. The highest BCUT2D eigenvalue weighted by atomic mass is 79.9. The number of benzene rings is 1. The fourth-order valence-electron chi connectivity index (χ4n) is 2.29. The Hall–Kier alpha value is 0.150. The number of piperidine rings is 1. The van der Waals surface area contributed by atoms with E-state index in [0.717, 1.165) is 25.9 Å². The first-order chi connectivity index (χ1) is 9.34. The maximum absolute atomic E-state index is 12.7. The van der Waals surface area contributed by atoms with Crippen LogP contribution in [-0.4, -0.2) is 38.9 Å². The Kier molecular flexibility index (Phi) is 5.37. The molecule has 20 heavy (non-hydrogen) atoms. The number of hydrogen-bond donors (Lipinski definition) is 1. The van der Waals surface area contributed by atoms with Crippen molar-refractivity contribution in [1.82, 2.24) is 9.62 Å². The van der Waals surface area contributed by atoms with E-state index in [4.69, 9.17) is 23.2 Å². The van der Waals surface area contributed by atoms with Gasteiger partial charge in [0, 0.05) is 17.6 Å². The molecule has 0 unspecified atom stereocenters. The van der Waals surface area contributed by atoms with E-state index in [0.29, 0.717) is 4.47 Å². The molecule has 4 nitrogen and oxygen atoms in total. The zero-order chi connectivity index (χ0) is 14.9. The van der Waals surface area contributed by atoms with Gasteiger partial charge in [0.25, 0.3) is 0 Å². The highest BCUT2D eigenvalue weighted by Crippen LogP contribution is 2.35. The third-order valence-corrected chi connectivity index (χ3v) is 6.71. The average Bonchev–Trinajstić information content (AvgIpc) is 2.37. The van der Waals surface area contributed by atoms with Gasteiger partial charge < -0.3 is 5.32 Å². The van der Waals surface area contributed by atoms with E-state index < -0.39 is 10.0 Å². The zero-order valence-electron chi connectivity index (χ0n) is 10.9. The molecule has 1 heterocycles. The molecule has 1 aliphatic rings. The van der Waals surface area contributed by atoms with E-state index >= 15 is 0 Å². The summed E-state index contributed by atoms with van der Waals surface area (Å²) in [6.07, 6.45) is 1.56. The van der Waals surface area contributed by atoms with Crippen LogP contribution >= 0.6 is 39.1 Å². The maximum Gasteiger partial charge on any atom is 0.246 e. The van der Waals surface area contributed by atoms with E-state index in [2.05, 4.69) is 21.2 Å². The van der Waals surface area contributed by atoms with Crippen LogP contribution in [0.25, 0.3) is 0 Å². The number of halogens is 3. The third kappa shape index (κ3) is 3.31. The maximum atomic E-state index is 12.7. The van der Waals surface area contributed by atoms with Gasteiger partial charge in [-0.3, -0.25) is 0 Å². The van der Waals surface area contributed by atoms with E-state index in [-0.39, 0.29) is 21.0 Å². The minimum Gasteiger partial charge on any atom is -0.317 e. The molecule has 0 radical (unpaired) electrons. The van der Waals surface area contributed by atoms with Crippen molar-refractivity contribution in [2.75, 3.05) is 20.1 Å². The molecule has 1 fully saturated rings. The van der Waals surface area contributed by atoms with Gasteiger partial charge in [-0.05, 0) is 38.1 Å². The molecule has 1 saturated heterocycles. The van der Waals surface area contributed by atoms with Crippen molar-refractivity contribution < 1.29 is 8.42 Å². The van der Waals surface area contributed by atoms with Gasteiger partial charge in [-0.2, -0.15) is 4.31 Å².